The predicted octanol–water partition coefficient (Wildman–Crippen LogP) is 4.51. The summed E-state index contributed by atoms with van der Waals surface area (Å²) in [7, 11) is 0. The van der Waals surface area contributed by atoms with E-state index in [4.69, 9.17) is 9.98 Å². The van der Waals surface area contributed by atoms with E-state index >= 15 is 0 Å². The summed E-state index contributed by atoms with van der Waals surface area (Å²) in [5, 5.41) is 0. The number of nitrogens with one attached hydrogen (secondary N) is 1. The molecular formula is C20H20N4. The second kappa shape index (κ2) is 4.94. The van der Waals surface area contributed by atoms with Crippen LogP contribution < -0.4 is 0 Å². The number of hydrogen-bond donors (Lipinski definition) is 1. The van der Waals surface area contributed by atoms with Crippen molar-refractivity contribution in [2.75, 3.05) is 0 Å². The Morgan fingerprint density at radius 3 is 2.83 bits per heavy atom. The van der Waals surface area contributed by atoms with Crippen LogP contribution in [0.4, 0.5) is 5.69 Å². The van der Waals surface area contributed by atoms with Gasteiger partial charge in [-0.05, 0) is 43.5 Å². The van der Waals surface area contributed by atoms with Crippen LogP contribution in [-0.2, 0) is 12.1 Å². The molecule has 0 aliphatic carbocycles. The highest BCUT2D eigenvalue weighted by atomic mass is 15.3. The van der Waals surface area contributed by atoms with Crippen LogP contribution in [0.3, 0.4) is 0 Å². The monoisotopic (exact) mass is 316 g/mol. The molecule has 24 heavy (non-hydrogen) atoms. The Balaban J connectivity index is 1.63. The fourth-order valence-corrected chi connectivity index (χ4v) is 4.04. The molecule has 4 nitrogen and oxygen atoms in total. The van der Waals surface area contributed by atoms with Gasteiger partial charge in [-0.1, -0.05) is 30.3 Å². The maximum absolute atomic E-state index is 4.94. The van der Waals surface area contributed by atoms with Gasteiger partial charge in [0.15, 0.2) is 0 Å². The number of piperidine rings is 1. The highest BCUT2D eigenvalue weighted by Gasteiger charge is 2.42. The highest BCUT2D eigenvalue weighted by Crippen LogP contribution is 2.42. The Morgan fingerprint density at radius 2 is 1.92 bits per heavy atom. The normalized spacial score (nSPS) is 22.9. The Labute approximate surface area is 141 Å². The number of aliphatic imine (C=N–C) groups is 1. The van der Waals surface area contributed by atoms with Crippen LogP contribution >= 0.6 is 0 Å². The summed E-state index contributed by atoms with van der Waals surface area (Å²) in [6.07, 6.45) is 3.28. The molecule has 2 aliphatic heterocycles. The van der Waals surface area contributed by atoms with E-state index in [9.17, 15) is 0 Å². The third-order valence-electron chi connectivity index (χ3n) is 5.44. The van der Waals surface area contributed by atoms with Crippen molar-refractivity contribution in [1.29, 1.82) is 0 Å². The van der Waals surface area contributed by atoms with E-state index in [1.165, 1.54) is 11.4 Å². The van der Waals surface area contributed by atoms with Crippen molar-refractivity contribution >= 4 is 22.6 Å². The molecule has 5 rings (SSSR count). The molecule has 4 heteroatoms. The van der Waals surface area contributed by atoms with Crippen molar-refractivity contribution in [2.45, 2.75) is 38.3 Å². The van der Waals surface area contributed by atoms with Gasteiger partial charge in [0.1, 0.15) is 11.7 Å². The van der Waals surface area contributed by atoms with E-state index < -0.39 is 0 Å². The topological polar surface area (TPSA) is 44.3 Å². The van der Waals surface area contributed by atoms with E-state index in [2.05, 4.69) is 59.3 Å². The zero-order valence-corrected chi connectivity index (χ0v) is 13.8. The minimum atomic E-state index is -0.135. The van der Waals surface area contributed by atoms with E-state index in [1.807, 2.05) is 6.07 Å². The predicted molar refractivity (Wildman–Crippen MR) is 96.4 cm³/mol. The summed E-state index contributed by atoms with van der Waals surface area (Å²) in [5.41, 5.74) is 4.43. The lowest BCUT2D eigenvalue weighted by atomic mass is 9.85. The number of hydrogen-bond acceptors (Lipinski definition) is 3. The molecule has 3 heterocycles. The van der Waals surface area contributed by atoms with Gasteiger partial charge in [0.2, 0.25) is 0 Å². The first-order valence-corrected chi connectivity index (χ1v) is 8.62. The smallest absolute Gasteiger partial charge is 0.133 e. The van der Waals surface area contributed by atoms with Gasteiger partial charge < -0.3 is 9.88 Å². The zero-order valence-electron chi connectivity index (χ0n) is 13.8. The molecule has 120 valence electrons. The number of rotatable bonds is 1. The number of amidine groups is 1. The average Bonchev–Trinajstić information content (AvgIpc) is 3.06. The minimum Gasteiger partial charge on any atom is -0.343 e. The van der Waals surface area contributed by atoms with Crippen molar-refractivity contribution in [3.8, 4) is 0 Å². The molecule has 0 saturated carbocycles. The lowest BCUT2D eigenvalue weighted by Crippen LogP contribution is -2.51. The fraction of sp³-hybridized carbons (Fsp3) is 0.300. The number of nitrogens with zero attached hydrogens (tertiary/aromatic N) is 3. The van der Waals surface area contributed by atoms with Crippen LogP contribution in [0, 0.1) is 0 Å². The Hall–Kier alpha value is -2.62. The first-order chi connectivity index (χ1) is 11.7. The summed E-state index contributed by atoms with van der Waals surface area (Å²) in [4.78, 5) is 15.9. The number of fused-ring (bicyclic) bond motifs is 3. The van der Waals surface area contributed by atoms with Gasteiger partial charge in [0.05, 0.1) is 22.3 Å². The maximum Gasteiger partial charge on any atom is 0.133 e. The number of imidazole rings is 1. The lowest BCUT2D eigenvalue weighted by Gasteiger charge is -2.47. The maximum atomic E-state index is 4.94. The van der Waals surface area contributed by atoms with Gasteiger partial charge in [-0.15, -0.1) is 0 Å². The summed E-state index contributed by atoms with van der Waals surface area (Å²) >= 11 is 0. The summed E-state index contributed by atoms with van der Waals surface area (Å²) < 4.78 is 0. The third-order valence-corrected chi connectivity index (χ3v) is 5.44. The van der Waals surface area contributed by atoms with Gasteiger partial charge in [-0.25, -0.2) is 9.98 Å². The molecular weight excluding hydrogens is 296 g/mol. The minimum absolute atomic E-state index is 0.135. The molecule has 0 spiro atoms. The Kier molecular flexibility index (Phi) is 2.84. The largest absolute Gasteiger partial charge is 0.343 e. The molecule has 1 N–H and O–H groups in total. The van der Waals surface area contributed by atoms with Gasteiger partial charge in [-0.2, -0.15) is 0 Å². The quantitative estimate of drug-likeness (QED) is 0.718. The SMILES string of the molecule is CC1(c2nc3ccccc3[nH]2)CCCC2=Nc3ccccc3CN21. The third kappa shape index (κ3) is 1.92. The van der Waals surface area contributed by atoms with E-state index in [1.54, 1.807) is 0 Å². The van der Waals surface area contributed by atoms with Crippen LogP contribution in [0.2, 0.25) is 0 Å². The first kappa shape index (κ1) is 13.8. The zero-order chi connectivity index (χ0) is 16.1. The number of aromatic nitrogens is 2. The van der Waals surface area contributed by atoms with Crippen LogP contribution in [0.15, 0.2) is 53.5 Å². The molecule has 2 aromatic carbocycles. The number of benzene rings is 2. The molecule has 1 fully saturated rings. The van der Waals surface area contributed by atoms with Crippen LogP contribution in [0.5, 0.6) is 0 Å². The van der Waals surface area contributed by atoms with Crippen LogP contribution in [-0.4, -0.2) is 20.7 Å². The summed E-state index contributed by atoms with van der Waals surface area (Å²) in [6, 6.07) is 16.7. The van der Waals surface area contributed by atoms with E-state index in [-0.39, 0.29) is 5.54 Å². The first-order valence-electron chi connectivity index (χ1n) is 8.62. The number of para-hydroxylation sites is 3. The van der Waals surface area contributed by atoms with Crippen LogP contribution in [0.1, 0.15) is 37.6 Å². The van der Waals surface area contributed by atoms with Crippen molar-refractivity contribution in [2.24, 2.45) is 4.99 Å². The van der Waals surface area contributed by atoms with Gasteiger partial charge >= 0.3 is 0 Å². The standard InChI is InChI=1S/C20H20N4/c1-20(19-22-16-9-4-5-10-17(16)23-19)12-6-11-18-21-15-8-3-2-7-14(15)13-24(18)20/h2-5,7-10H,6,11-13H2,1H3,(H,22,23). The molecule has 0 amide bonds. The fourth-order valence-electron chi connectivity index (χ4n) is 4.04. The molecule has 1 aromatic heterocycles. The van der Waals surface area contributed by atoms with Gasteiger partial charge in [0.25, 0.3) is 0 Å². The molecule has 3 aromatic rings. The second-order valence-electron chi connectivity index (χ2n) is 6.97. The molecule has 1 unspecified atom stereocenters. The van der Waals surface area contributed by atoms with Crippen LogP contribution in [0.25, 0.3) is 11.0 Å². The molecule has 2 aliphatic rings. The Morgan fingerprint density at radius 1 is 1.08 bits per heavy atom. The molecule has 0 bridgehead atoms. The van der Waals surface area contributed by atoms with Crippen molar-refractivity contribution in [3.63, 3.8) is 0 Å². The lowest BCUT2D eigenvalue weighted by molar-refractivity contribution is 0.135. The Bertz CT molecular complexity index is 922. The van der Waals surface area contributed by atoms with Crippen molar-refractivity contribution < 1.29 is 0 Å². The summed E-state index contributed by atoms with van der Waals surface area (Å²) in [5.74, 6) is 2.25. The molecule has 0 radical (unpaired) electrons. The summed E-state index contributed by atoms with van der Waals surface area (Å²) in [6.45, 7) is 3.20. The number of aromatic amines is 1. The van der Waals surface area contributed by atoms with Gasteiger partial charge in [-0.3, -0.25) is 0 Å². The molecule has 1 saturated heterocycles. The van der Waals surface area contributed by atoms with E-state index in [0.29, 0.717) is 0 Å². The van der Waals surface area contributed by atoms with Crippen molar-refractivity contribution in [1.82, 2.24) is 14.9 Å². The highest BCUT2D eigenvalue weighted by molar-refractivity contribution is 5.88. The second-order valence-corrected chi connectivity index (χ2v) is 6.97. The average molecular weight is 316 g/mol. The molecule has 1 atom stereocenters. The van der Waals surface area contributed by atoms with E-state index in [0.717, 1.165) is 48.4 Å². The number of H-pyrrole nitrogens is 1. The van der Waals surface area contributed by atoms with Crippen molar-refractivity contribution in [3.05, 3.63) is 59.9 Å². The van der Waals surface area contributed by atoms with Gasteiger partial charge in [0, 0.05) is 13.0 Å².